The van der Waals surface area contributed by atoms with E-state index < -0.39 is 0 Å². The van der Waals surface area contributed by atoms with E-state index in [0.717, 1.165) is 43.2 Å². The Morgan fingerprint density at radius 2 is 2.13 bits per heavy atom. The van der Waals surface area contributed by atoms with Gasteiger partial charge in [0.2, 0.25) is 5.91 Å². The van der Waals surface area contributed by atoms with Crippen LogP contribution in [-0.4, -0.2) is 55.2 Å². The molecule has 0 bridgehead atoms. The summed E-state index contributed by atoms with van der Waals surface area (Å²) < 4.78 is 6.55. The quantitative estimate of drug-likeness (QED) is 0.865. The van der Waals surface area contributed by atoms with E-state index in [4.69, 9.17) is 9.72 Å². The van der Waals surface area contributed by atoms with Crippen molar-refractivity contribution in [3.63, 3.8) is 0 Å². The maximum Gasteiger partial charge on any atom is 0.229 e. The highest BCUT2D eigenvalue weighted by atomic mass is 32.1. The zero-order valence-electron chi connectivity index (χ0n) is 13.3. The molecule has 2 fully saturated rings. The van der Waals surface area contributed by atoms with Crippen LogP contribution in [0.3, 0.4) is 0 Å². The third-order valence-corrected chi connectivity index (χ3v) is 5.75. The molecule has 2 aliphatic rings. The van der Waals surface area contributed by atoms with E-state index in [1.165, 1.54) is 10.3 Å². The number of carbonyl (C=O) groups is 1. The van der Waals surface area contributed by atoms with Crippen molar-refractivity contribution in [1.82, 2.24) is 9.88 Å². The molecule has 0 aliphatic carbocycles. The van der Waals surface area contributed by atoms with Gasteiger partial charge in [0.1, 0.15) is 0 Å². The second-order valence-corrected chi connectivity index (χ2v) is 7.20. The van der Waals surface area contributed by atoms with E-state index >= 15 is 0 Å². The van der Waals surface area contributed by atoms with Crippen molar-refractivity contribution < 1.29 is 9.53 Å². The second-order valence-electron chi connectivity index (χ2n) is 6.19. The van der Waals surface area contributed by atoms with Crippen LogP contribution in [0.1, 0.15) is 12.5 Å². The van der Waals surface area contributed by atoms with Gasteiger partial charge in [0.15, 0.2) is 5.13 Å². The Morgan fingerprint density at radius 3 is 2.87 bits per heavy atom. The van der Waals surface area contributed by atoms with Gasteiger partial charge in [-0.1, -0.05) is 24.3 Å². The summed E-state index contributed by atoms with van der Waals surface area (Å²) in [5.41, 5.74) is 2.40. The number of hydrogen-bond acceptors (Lipinski definition) is 5. The fourth-order valence-corrected chi connectivity index (χ4v) is 4.19. The van der Waals surface area contributed by atoms with Crippen molar-refractivity contribution >= 4 is 32.6 Å². The molecule has 2 aromatic rings. The number of fused-ring (bicyclic) bond motifs is 1. The average Bonchev–Trinajstić information content (AvgIpc) is 2.96. The van der Waals surface area contributed by atoms with Crippen molar-refractivity contribution in [3.8, 4) is 0 Å². The van der Waals surface area contributed by atoms with Crippen molar-refractivity contribution in [1.29, 1.82) is 0 Å². The van der Waals surface area contributed by atoms with E-state index in [9.17, 15) is 4.79 Å². The molecule has 23 heavy (non-hydrogen) atoms. The summed E-state index contributed by atoms with van der Waals surface area (Å²) in [7, 11) is 0. The summed E-state index contributed by atoms with van der Waals surface area (Å²) >= 11 is 1.73. The van der Waals surface area contributed by atoms with Gasteiger partial charge < -0.3 is 14.5 Å². The van der Waals surface area contributed by atoms with Crippen molar-refractivity contribution in [2.75, 3.05) is 44.3 Å². The minimum Gasteiger partial charge on any atom is -0.378 e. The molecule has 0 atom stereocenters. The maximum absolute atomic E-state index is 12.4. The molecule has 122 valence electrons. The first-order chi connectivity index (χ1) is 11.2. The van der Waals surface area contributed by atoms with Crippen LogP contribution in [0.4, 0.5) is 5.13 Å². The fraction of sp³-hybridized carbons (Fsp3) is 0.529. The van der Waals surface area contributed by atoms with Gasteiger partial charge >= 0.3 is 0 Å². The summed E-state index contributed by atoms with van der Waals surface area (Å²) in [6.45, 7) is 6.54. The SMILES string of the molecule is CCc1ccc2nc(N3CC(C(=O)N4CCOCC4)C3)sc2c1. The van der Waals surface area contributed by atoms with Crippen LogP contribution in [0.2, 0.25) is 0 Å². The summed E-state index contributed by atoms with van der Waals surface area (Å²) in [5, 5.41) is 1.04. The number of aromatic nitrogens is 1. The highest BCUT2D eigenvalue weighted by Crippen LogP contribution is 2.34. The number of thiazole rings is 1. The van der Waals surface area contributed by atoms with Crippen LogP contribution in [0.5, 0.6) is 0 Å². The Balaban J connectivity index is 1.42. The molecule has 6 heteroatoms. The van der Waals surface area contributed by atoms with Gasteiger partial charge in [0, 0.05) is 26.2 Å². The van der Waals surface area contributed by atoms with Crippen LogP contribution in [0.25, 0.3) is 10.2 Å². The lowest BCUT2D eigenvalue weighted by Gasteiger charge is -2.41. The topological polar surface area (TPSA) is 45.7 Å². The fourth-order valence-electron chi connectivity index (χ4n) is 3.14. The smallest absolute Gasteiger partial charge is 0.229 e. The molecule has 2 aliphatic heterocycles. The number of nitrogens with zero attached hydrogens (tertiary/aromatic N) is 3. The first-order valence-corrected chi connectivity index (χ1v) is 9.07. The molecule has 1 amide bonds. The first kappa shape index (κ1) is 14.9. The Labute approximate surface area is 139 Å². The minimum atomic E-state index is 0.117. The monoisotopic (exact) mass is 331 g/mol. The number of amides is 1. The second kappa shape index (κ2) is 6.09. The summed E-state index contributed by atoms with van der Waals surface area (Å²) in [6, 6.07) is 6.48. The first-order valence-electron chi connectivity index (χ1n) is 8.25. The molecule has 1 aromatic carbocycles. The van der Waals surface area contributed by atoms with Crippen LogP contribution >= 0.6 is 11.3 Å². The third-order valence-electron chi connectivity index (χ3n) is 4.67. The minimum absolute atomic E-state index is 0.117. The van der Waals surface area contributed by atoms with Crippen molar-refractivity contribution in [2.24, 2.45) is 5.92 Å². The van der Waals surface area contributed by atoms with Crippen molar-refractivity contribution in [2.45, 2.75) is 13.3 Å². The molecule has 2 saturated heterocycles. The molecule has 0 saturated carbocycles. The zero-order valence-corrected chi connectivity index (χ0v) is 14.1. The molecule has 0 spiro atoms. The Bertz CT molecular complexity index is 718. The number of aryl methyl sites for hydroxylation is 1. The lowest BCUT2D eigenvalue weighted by Crippen LogP contribution is -2.56. The van der Waals surface area contributed by atoms with Crippen LogP contribution in [0, 0.1) is 5.92 Å². The molecule has 5 nitrogen and oxygen atoms in total. The standard InChI is InChI=1S/C17H21N3O2S/c1-2-12-3-4-14-15(9-12)23-17(18-14)20-10-13(11-20)16(21)19-5-7-22-8-6-19/h3-4,9,13H,2,5-8,10-11H2,1H3. The normalized spacial score (nSPS) is 19.2. The van der Waals surface area contributed by atoms with Gasteiger partial charge in [-0.05, 0) is 24.1 Å². The van der Waals surface area contributed by atoms with Crippen molar-refractivity contribution in [3.05, 3.63) is 23.8 Å². The van der Waals surface area contributed by atoms with E-state index in [1.54, 1.807) is 11.3 Å². The van der Waals surface area contributed by atoms with E-state index in [2.05, 4.69) is 30.0 Å². The zero-order chi connectivity index (χ0) is 15.8. The van der Waals surface area contributed by atoms with Crippen LogP contribution in [-0.2, 0) is 16.0 Å². The van der Waals surface area contributed by atoms with E-state index in [-0.39, 0.29) is 11.8 Å². The number of carbonyl (C=O) groups excluding carboxylic acids is 1. The van der Waals surface area contributed by atoms with Gasteiger partial charge in [-0.15, -0.1) is 0 Å². The molecule has 4 rings (SSSR count). The number of benzene rings is 1. The molecule has 0 N–H and O–H groups in total. The molecule has 0 unspecified atom stereocenters. The van der Waals surface area contributed by atoms with Gasteiger partial charge in [0.25, 0.3) is 0 Å². The van der Waals surface area contributed by atoms with Crippen LogP contribution < -0.4 is 4.90 Å². The Morgan fingerprint density at radius 1 is 1.35 bits per heavy atom. The largest absolute Gasteiger partial charge is 0.378 e. The predicted octanol–water partition coefficient (Wildman–Crippen LogP) is 2.15. The summed E-state index contributed by atoms with van der Waals surface area (Å²) in [4.78, 5) is 21.3. The molecular formula is C17H21N3O2S. The van der Waals surface area contributed by atoms with E-state index in [0.29, 0.717) is 13.2 Å². The van der Waals surface area contributed by atoms with Gasteiger partial charge in [0.05, 0.1) is 29.3 Å². The summed E-state index contributed by atoms with van der Waals surface area (Å²) in [5.74, 6) is 0.394. The molecule has 3 heterocycles. The summed E-state index contributed by atoms with van der Waals surface area (Å²) in [6.07, 6.45) is 1.04. The highest BCUT2D eigenvalue weighted by molar-refractivity contribution is 7.22. The Kier molecular flexibility index (Phi) is 3.95. The van der Waals surface area contributed by atoms with Crippen LogP contribution in [0.15, 0.2) is 18.2 Å². The predicted molar refractivity (Wildman–Crippen MR) is 92.1 cm³/mol. The lowest BCUT2D eigenvalue weighted by atomic mass is 9.99. The maximum atomic E-state index is 12.4. The highest BCUT2D eigenvalue weighted by Gasteiger charge is 2.37. The molecular weight excluding hydrogens is 310 g/mol. The number of morpholine rings is 1. The number of anilines is 1. The van der Waals surface area contributed by atoms with Gasteiger partial charge in [-0.3, -0.25) is 4.79 Å². The Hall–Kier alpha value is -1.66. The molecule has 0 radical (unpaired) electrons. The number of rotatable bonds is 3. The number of ether oxygens (including phenoxy) is 1. The van der Waals surface area contributed by atoms with Gasteiger partial charge in [-0.25, -0.2) is 4.98 Å². The van der Waals surface area contributed by atoms with Gasteiger partial charge in [-0.2, -0.15) is 0 Å². The lowest BCUT2D eigenvalue weighted by molar-refractivity contribution is -0.140. The third kappa shape index (κ3) is 2.81. The number of hydrogen-bond donors (Lipinski definition) is 0. The van der Waals surface area contributed by atoms with E-state index in [1.807, 2.05) is 4.90 Å². The molecule has 1 aromatic heterocycles. The average molecular weight is 331 g/mol.